The number of hydrogen-bond donors (Lipinski definition) is 2. The van der Waals surface area contributed by atoms with Gasteiger partial charge in [-0.25, -0.2) is 0 Å². The average molecular weight is 225 g/mol. The third kappa shape index (κ3) is 2.98. The Balaban J connectivity index is 1.92. The lowest BCUT2D eigenvalue weighted by Crippen LogP contribution is -2.50. The summed E-state index contributed by atoms with van der Waals surface area (Å²) in [6, 6.07) is 0. The number of aliphatic hydroxyl groups excluding tert-OH is 1. The van der Waals surface area contributed by atoms with Crippen molar-refractivity contribution in [2.75, 3.05) is 13.2 Å². The monoisotopic (exact) mass is 225 g/mol. The molecule has 0 aromatic rings. The normalized spacial score (nSPS) is 35.2. The zero-order valence-corrected chi connectivity index (χ0v) is 10.7. The first kappa shape index (κ1) is 12.4. The molecule has 2 heteroatoms. The molecular weight excluding hydrogens is 198 g/mol. The molecule has 94 valence electrons. The lowest BCUT2D eigenvalue weighted by molar-refractivity contribution is 0.125. The van der Waals surface area contributed by atoms with Gasteiger partial charge in [-0.3, -0.25) is 0 Å². The molecule has 0 radical (unpaired) electrons. The van der Waals surface area contributed by atoms with E-state index in [0.29, 0.717) is 6.61 Å². The quantitative estimate of drug-likeness (QED) is 0.728. The maximum absolute atomic E-state index is 9.28. The fraction of sp³-hybridized carbons (Fsp3) is 1.00. The second-order valence-corrected chi connectivity index (χ2v) is 5.87. The van der Waals surface area contributed by atoms with Crippen LogP contribution >= 0.6 is 0 Å². The van der Waals surface area contributed by atoms with E-state index < -0.39 is 0 Å². The first-order valence-corrected chi connectivity index (χ1v) is 7.15. The third-order valence-corrected chi connectivity index (χ3v) is 4.51. The zero-order valence-electron chi connectivity index (χ0n) is 10.7. The summed E-state index contributed by atoms with van der Waals surface area (Å²) in [6.45, 7) is 3.67. The summed E-state index contributed by atoms with van der Waals surface area (Å²) in [5, 5.41) is 13.0. The number of aliphatic hydroxyl groups is 1. The van der Waals surface area contributed by atoms with Crippen LogP contribution in [0.2, 0.25) is 0 Å². The summed E-state index contributed by atoms with van der Waals surface area (Å²) in [5.41, 5.74) is 0.274. The van der Waals surface area contributed by atoms with E-state index in [2.05, 4.69) is 12.2 Å². The highest BCUT2D eigenvalue weighted by atomic mass is 16.3. The van der Waals surface area contributed by atoms with Gasteiger partial charge in [0.1, 0.15) is 0 Å². The predicted molar refractivity (Wildman–Crippen MR) is 67.4 cm³/mol. The van der Waals surface area contributed by atoms with Gasteiger partial charge < -0.3 is 10.4 Å². The SMILES string of the molecule is CCCNC1(CCO)CCCC(C2CC2)C1. The molecular formula is C14H27NO. The van der Waals surface area contributed by atoms with Gasteiger partial charge in [0.2, 0.25) is 0 Å². The molecule has 2 aliphatic carbocycles. The van der Waals surface area contributed by atoms with Crippen molar-refractivity contribution in [2.24, 2.45) is 11.8 Å². The highest BCUT2D eigenvalue weighted by molar-refractivity contribution is 4.97. The van der Waals surface area contributed by atoms with E-state index in [1.807, 2.05) is 0 Å². The molecule has 16 heavy (non-hydrogen) atoms. The van der Waals surface area contributed by atoms with E-state index in [1.165, 1.54) is 44.9 Å². The van der Waals surface area contributed by atoms with Crippen LogP contribution in [0.5, 0.6) is 0 Å². The van der Waals surface area contributed by atoms with Gasteiger partial charge in [0, 0.05) is 12.1 Å². The van der Waals surface area contributed by atoms with Crippen LogP contribution in [0.3, 0.4) is 0 Å². The Morgan fingerprint density at radius 2 is 2.06 bits per heavy atom. The van der Waals surface area contributed by atoms with Crippen molar-refractivity contribution in [1.29, 1.82) is 0 Å². The zero-order chi connectivity index (χ0) is 11.4. The molecule has 2 atom stereocenters. The van der Waals surface area contributed by atoms with Crippen molar-refractivity contribution < 1.29 is 5.11 Å². The molecule has 0 heterocycles. The Kier molecular flexibility index (Phi) is 4.26. The molecule has 2 N–H and O–H groups in total. The molecule has 0 saturated heterocycles. The highest BCUT2D eigenvalue weighted by Gasteiger charge is 2.41. The van der Waals surface area contributed by atoms with E-state index in [4.69, 9.17) is 0 Å². The van der Waals surface area contributed by atoms with Crippen LogP contribution in [-0.2, 0) is 0 Å². The van der Waals surface area contributed by atoms with E-state index in [1.54, 1.807) is 0 Å². The summed E-state index contributed by atoms with van der Waals surface area (Å²) >= 11 is 0. The Bertz CT molecular complexity index is 211. The van der Waals surface area contributed by atoms with Gasteiger partial charge in [0.25, 0.3) is 0 Å². The van der Waals surface area contributed by atoms with Crippen LogP contribution in [-0.4, -0.2) is 23.8 Å². The van der Waals surface area contributed by atoms with E-state index >= 15 is 0 Å². The molecule has 2 saturated carbocycles. The molecule has 2 rings (SSSR count). The Labute approximate surface area is 99.8 Å². The highest BCUT2D eigenvalue weighted by Crippen LogP contribution is 2.47. The Hall–Kier alpha value is -0.0800. The van der Waals surface area contributed by atoms with Gasteiger partial charge in [0.15, 0.2) is 0 Å². The molecule has 0 aliphatic heterocycles. The summed E-state index contributed by atoms with van der Waals surface area (Å²) in [6.07, 6.45) is 10.5. The maximum Gasteiger partial charge on any atom is 0.0448 e. The number of hydrogen-bond acceptors (Lipinski definition) is 2. The smallest absolute Gasteiger partial charge is 0.0448 e. The fourth-order valence-electron chi connectivity index (χ4n) is 3.46. The molecule has 0 spiro atoms. The topological polar surface area (TPSA) is 32.3 Å². The summed E-state index contributed by atoms with van der Waals surface area (Å²) in [7, 11) is 0. The predicted octanol–water partition coefficient (Wildman–Crippen LogP) is 2.71. The second kappa shape index (κ2) is 5.50. The standard InChI is InChI=1S/C14H27NO/c1-2-9-15-14(8-10-16)7-3-4-13(11-14)12-5-6-12/h12-13,15-16H,2-11H2,1H3. The van der Waals surface area contributed by atoms with Crippen molar-refractivity contribution >= 4 is 0 Å². The maximum atomic E-state index is 9.28. The van der Waals surface area contributed by atoms with Crippen molar-refractivity contribution in [2.45, 2.75) is 63.8 Å². The molecule has 0 aromatic heterocycles. The minimum atomic E-state index is 0.274. The molecule has 0 aromatic carbocycles. The van der Waals surface area contributed by atoms with Gasteiger partial charge in [-0.15, -0.1) is 0 Å². The molecule has 2 unspecified atom stereocenters. The summed E-state index contributed by atoms with van der Waals surface area (Å²) in [4.78, 5) is 0. The van der Waals surface area contributed by atoms with E-state index in [0.717, 1.165) is 24.8 Å². The van der Waals surface area contributed by atoms with Crippen LogP contribution < -0.4 is 5.32 Å². The molecule has 0 amide bonds. The summed E-state index contributed by atoms with van der Waals surface area (Å²) in [5.74, 6) is 1.98. The van der Waals surface area contributed by atoms with Crippen LogP contribution in [0.4, 0.5) is 0 Å². The largest absolute Gasteiger partial charge is 0.396 e. The van der Waals surface area contributed by atoms with E-state index in [-0.39, 0.29) is 5.54 Å². The van der Waals surface area contributed by atoms with E-state index in [9.17, 15) is 5.11 Å². The van der Waals surface area contributed by atoms with Crippen LogP contribution in [0, 0.1) is 11.8 Å². The van der Waals surface area contributed by atoms with Crippen molar-refractivity contribution in [3.8, 4) is 0 Å². The lowest BCUT2D eigenvalue weighted by Gasteiger charge is -2.42. The van der Waals surface area contributed by atoms with Gasteiger partial charge in [-0.1, -0.05) is 19.8 Å². The van der Waals surface area contributed by atoms with Crippen molar-refractivity contribution in [3.63, 3.8) is 0 Å². The van der Waals surface area contributed by atoms with Gasteiger partial charge >= 0.3 is 0 Å². The minimum absolute atomic E-state index is 0.274. The minimum Gasteiger partial charge on any atom is -0.396 e. The lowest BCUT2D eigenvalue weighted by atomic mass is 9.72. The van der Waals surface area contributed by atoms with Gasteiger partial charge in [-0.05, 0) is 56.9 Å². The van der Waals surface area contributed by atoms with Crippen LogP contribution in [0.1, 0.15) is 58.3 Å². The molecule has 2 fully saturated rings. The van der Waals surface area contributed by atoms with Crippen LogP contribution in [0.15, 0.2) is 0 Å². The van der Waals surface area contributed by atoms with Crippen LogP contribution in [0.25, 0.3) is 0 Å². The fourth-order valence-corrected chi connectivity index (χ4v) is 3.46. The third-order valence-electron chi connectivity index (χ3n) is 4.51. The van der Waals surface area contributed by atoms with Crippen molar-refractivity contribution in [1.82, 2.24) is 5.32 Å². The second-order valence-electron chi connectivity index (χ2n) is 5.87. The number of nitrogens with one attached hydrogen (secondary N) is 1. The van der Waals surface area contributed by atoms with Gasteiger partial charge in [0.05, 0.1) is 0 Å². The number of rotatable bonds is 6. The molecule has 2 aliphatic rings. The first-order valence-electron chi connectivity index (χ1n) is 7.15. The Morgan fingerprint density at radius 1 is 1.25 bits per heavy atom. The molecule has 2 nitrogen and oxygen atoms in total. The Morgan fingerprint density at radius 3 is 2.69 bits per heavy atom. The molecule has 0 bridgehead atoms. The average Bonchev–Trinajstić information content (AvgIpc) is 3.11. The van der Waals surface area contributed by atoms with Crippen molar-refractivity contribution in [3.05, 3.63) is 0 Å². The first-order chi connectivity index (χ1) is 7.79. The van der Waals surface area contributed by atoms with Gasteiger partial charge in [-0.2, -0.15) is 0 Å². The summed E-state index contributed by atoms with van der Waals surface area (Å²) < 4.78 is 0.